The van der Waals surface area contributed by atoms with Crippen molar-refractivity contribution in [2.24, 2.45) is 0 Å². The number of aryl methyl sites for hydroxylation is 1. The van der Waals surface area contributed by atoms with Crippen LogP contribution < -0.4 is 5.32 Å². The zero-order chi connectivity index (χ0) is 30.6. The molecule has 2 amide bonds. The number of benzene rings is 3. The maximum Gasteiger partial charge on any atom is 0.253 e. The van der Waals surface area contributed by atoms with Crippen LogP contribution in [0.3, 0.4) is 0 Å². The third-order valence-corrected chi connectivity index (χ3v) is 6.76. The minimum atomic E-state index is -1.54. The van der Waals surface area contributed by atoms with Gasteiger partial charge in [-0.2, -0.15) is 0 Å². The van der Waals surface area contributed by atoms with Gasteiger partial charge in [-0.3, -0.25) is 9.59 Å². The van der Waals surface area contributed by atoms with Gasteiger partial charge in [-0.05, 0) is 73.2 Å². The Morgan fingerprint density at radius 2 is 1.50 bits per heavy atom. The molecule has 0 heterocycles. The van der Waals surface area contributed by atoms with E-state index in [1.54, 1.807) is 24.0 Å². The summed E-state index contributed by atoms with van der Waals surface area (Å²) in [6.07, 6.45) is -1.53. The van der Waals surface area contributed by atoms with Crippen LogP contribution >= 0.6 is 0 Å². The van der Waals surface area contributed by atoms with E-state index in [9.17, 15) is 28.6 Å². The SMILES string of the molecule is CCCN(CCC)C(=O)c1cc(C)cc(C(=O)N[C@@H](Cc2cc(F)cc(F)c2)[C@@H](O)[C@H](O)COCc2ccccc2)c1. The fourth-order valence-electron chi connectivity index (χ4n) is 4.81. The standard InChI is InChI=1S/C33H40F2N2O5/c1-4-11-37(12-5-2)33(41)26-14-22(3)13-25(18-26)32(40)36-29(17-24-15-27(34)19-28(35)16-24)31(39)30(38)21-42-20-23-9-7-6-8-10-23/h6-10,13-16,18-19,29-31,38-39H,4-5,11-12,17,20-21H2,1-3H3,(H,36,40)/t29-,30+,31+/m0/s1. The number of rotatable bonds is 15. The summed E-state index contributed by atoms with van der Waals surface area (Å²) in [6.45, 7) is 6.88. The van der Waals surface area contributed by atoms with E-state index in [1.165, 1.54) is 6.07 Å². The minimum Gasteiger partial charge on any atom is -0.388 e. The van der Waals surface area contributed by atoms with Crippen molar-refractivity contribution in [1.82, 2.24) is 10.2 Å². The van der Waals surface area contributed by atoms with Crippen LogP contribution in [0.15, 0.2) is 66.7 Å². The van der Waals surface area contributed by atoms with Crippen molar-refractivity contribution in [3.05, 3.63) is 106 Å². The number of ether oxygens (including phenoxy) is 1. The molecule has 3 aromatic carbocycles. The van der Waals surface area contributed by atoms with Crippen molar-refractivity contribution in [2.45, 2.75) is 64.9 Å². The number of amides is 2. The van der Waals surface area contributed by atoms with Gasteiger partial charge in [0.15, 0.2) is 0 Å². The van der Waals surface area contributed by atoms with Gasteiger partial charge in [-0.25, -0.2) is 8.78 Å². The van der Waals surface area contributed by atoms with E-state index in [1.807, 2.05) is 44.2 Å². The first-order valence-electron chi connectivity index (χ1n) is 14.3. The average molecular weight is 583 g/mol. The molecule has 0 saturated carbocycles. The van der Waals surface area contributed by atoms with Gasteiger partial charge in [0, 0.05) is 30.3 Å². The molecule has 0 aliphatic carbocycles. The fourth-order valence-corrected chi connectivity index (χ4v) is 4.81. The highest BCUT2D eigenvalue weighted by Gasteiger charge is 2.29. The Labute approximate surface area is 246 Å². The minimum absolute atomic E-state index is 0.171. The van der Waals surface area contributed by atoms with Gasteiger partial charge in [0.2, 0.25) is 0 Å². The van der Waals surface area contributed by atoms with Gasteiger partial charge in [0.1, 0.15) is 23.8 Å². The molecular formula is C33H40F2N2O5. The van der Waals surface area contributed by atoms with Crippen LogP contribution in [0.25, 0.3) is 0 Å². The average Bonchev–Trinajstić information content (AvgIpc) is 2.95. The van der Waals surface area contributed by atoms with Crippen LogP contribution in [-0.4, -0.2) is 64.9 Å². The molecule has 0 spiro atoms. The number of carbonyl (C=O) groups excluding carboxylic acids is 2. The van der Waals surface area contributed by atoms with Crippen molar-refractivity contribution in [3.8, 4) is 0 Å². The predicted octanol–water partition coefficient (Wildman–Crippen LogP) is 4.82. The summed E-state index contributed by atoms with van der Waals surface area (Å²) >= 11 is 0. The summed E-state index contributed by atoms with van der Waals surface area (Å²) < 4.78 is 33.4. The van der Waals surface area contributed by atoms with Crippen molar-refractivity contribution >= 4 is 11.8 Å². The molecule has 42 heavy (non-hydrogen) atoms. The third kappa shape index (κ3) is 9.72. The molecule has 0 aliphatic heterocycles. The number of aliphatic hydroxyl groups is 2. The molecular weight excluding hydrogens is 542 g/mol. The Hall–Kier alpha value is -3.66. The molecule has 0 aromatic heterocycles. The number of nitrogens with zero attached hydrogens (tertiary/aromatic N) is 1. The zero-order valence-corrected chi connectivity index (χ0v) is 24.4. The summed E-state index contributed by atoms with van der Waals surface area (Å²) in [4.78, 5) is 28.4. The lowest BCUT2D eigenvalue weighted by Gasteiger charge is -2.28. The van der Waals surface area contributed by atoms with Crippen molar-refractivity contribution < 1.29 is 33.3 Å². The second-order valence-electron chi connectivity index (χ2n) is 10.5. The lowest BCUT2D eigenvalue weighted by atomic mass is 9.96. The summed E-state index contributed by atoms with van der Waals surface area (Å²) in [5.74, 6) is -2.40. The van der Waals surface area contributed by atoms with E-state index >= 15 is 0 Å². The molecule has 0 saturated heterocycles. The van der Waals surface area contributed by atoms with Gasteiger partial charge < -0.3 is 25.2 Å². The molecule has 0 fully saturated rings. The van der Waals surface area contributed by atoms with Gasteiger partial charge in [0.05, 0.1) is 19.3 Å². The topological polar surface area (TPSA) is 99.1 Å². The Morgan fingerprint density at radius 1 is 0.881 bits per heavy atom. The largest absolute Gasteiger partial charge is 0.388 e. The Morgan fingerprint density at radius 3 is 2.12 bits per heavy atom. The van der Waals surface area contributed by atoms with E-state index in [2.05, 4.69) is 5.32 Å². The van der Waals surface area contributed by atoms with Crippen LogP contribution in [0, 0.1) is 18.6 Å². The molecule has 3 aromatic rings. The fraction of sp³-hybridized carbons (Fsp3) is 0.394. The van der Waals surface area contributed by atoms with Crippen molar-refractivity contribution in [3.63, 3.8) is 0 Å². The van der Waals surface area contributed by atoms with E-state index in [-0.39, 0.29) is 36.7 Å². The molecule has 0 unspecified atom stereocenters. The molecule has 3 N–H and O–H groups in total. The lowest BCUT2D eigenvalue weighted by molar-refractivity contribution is -0.0543. The summed E-state index contributed by atoms with van der Waals surface area (Å²) in [5.41, 5.74) is 2.30. The van der Waals surface area contributed by atoms with Crippen LogP contribution in [0.5, 0.6) is 0 Å². The third-order valence-electron chi connectivity index (χ3n) is 6.76. The van der Waals surface area contributed by atoms with Crippen LogP contribution in [0.1, 0.15) is 64.1 Å². The van der Waals surface area contributed by atoms with E-state index in [0.717, 1.165) is 36.6 Å². The van der Waals surface area contributed by atoms with E-state index in [0.29, 0.717) is 24.2 Å². The number of hydrogen-bond donors (Lipinski definition) is 3. The number of hydrogen-bond acceptors (Lipinski definition) is 5. The maximum absolute atomic E-state index is 13.9. The first kappa shape index (κ1) is 32.8. The quantitative estimate of drug-likeness (QED) is 0.239. The summed E-state index contributed by atoms with van der Waals surface area (Å²) in [5, 5.41) is 24.5. The molecule has 0 aliphatic rings. The number of carbonyl (C=O) groups is 2. The maximum atomic E-state index is 13.9. The van der Waals surface area contributed by atoms with Crippen LogP contribution in [0.2, 0.25) is 0 Å². The number of halogens is 2. The predicted molar refractivity (Wildman–Crippen MR) is 157 cm³/mol. The second-order valence-corrected chi connectivity index (χ2v) is 10.5. The summed E-state index contributed by atoms with van der Waals surface area (Å²) in [7, 11) is 0. The van der Waals surface area contributed by atoms with Gasteiger partial charge >= 0.3 is 0 Å². The smallest absolute Gasteiger partial charge is 0.253 e. The zero-order valence-electron chi connectivity index (χ0n) is 24.4. The van der Waals surface area contributed by atoms with Crippen molar-refractivity contribution in [1.29, 1.82) is 0 Å². The van der Waals surface area contributed by atoms with E-state index in [4.69, 9.17) is 4.74 Å². The molecule has 0 bridgehead atoms. The summed E-state index contributed by atoms with van der Waals surface area (Å²) in [6, 6.07) is 15.9. The Bertz CT molecular complexity index is 1290. The monoisotopic (exact) mass is 582 g/mol. The highest BCUT2D eigenvalue weighted by Crippen LogP contribution is 2.17. The first-order chi connectivity index (χ1) is 20.1. The molecule has 7 nitrogen and oxygen atoms in total. The number of nitrogens with one attached hydrogen (secondary N) is 1. The molecule has 0 radical (unpaired) electrons. The number of aliphatic hydroxyl groups excluding tert-OH is 2. The van der Waals surface area contributed by atoms with Crippen LogP contribution in [-0.2, 0) is 17.8 Å². The normalized spacial score (nSPS) is 13.3. The van der Waals surface area contributed by atoms with Crippen LogP contribution in [0.4, 0.5) is 8.78 Å². The van der Waals surface area contributed by atoms with Gasteiger partial charge in [-0.15, -0.1) is 0 Å². The Kier molecular flexibility index (Phi) is 12.6. The first-order valence-corrected chi connectivity index (χ1v) is 14.3. The van der Waals surface area contributed by atoms with E-state index < -0.39 is 35.8 Å². The second kappa shape index (κ2) is 16.1. The van der Waals surface area contributed by atoms with Crippen molar-refractivity contribution in [2.75, 3.05) is 19.7 Å². The molecule has 9 heteroatoms. The van der Waals surface area contributed by atoms with Gasteiger partial charge in [0.25, 0.3) is 11.8 Å². The van der Waals surface area contributed by atoms with Gasteiger partial charge in [-0.1, -0.05) is 44.2 Å². The molecule has 226 valence electrons. The highest BCUT2D eigenvalue weighted by atomic mass is 19.1. The molecule has 3 rings (SSSR count). The molecule has 3 atom stereocenters. The lowest BCUT2D eigenvalue weighted by Crippen LogP contribution is -2.51. The highest BCUT2D eigenvalue weighted by molar-refractivity contribution is 6.00. The Balaban J connectivity index is 1.81.